The number of ketones is 1. The molecule has 2 aliphatic heterocycles. The molecular formula is C19H17N5O2. The van der Waals surface area contributed by atoms with E-state index in [9.17, 15) is 9.59 Å². The molecule has 4 heterocycles. The van der Waals surface area contributed by atoms with E-state index in [0.717, 1.165) is 37.2 Å². The number of hydrogen-bond acceptors (Lipinski definition) is 5. The van der Waals surface area contributed by atoms with E-state index < -0.39 is 0 Å². The number of pyridine rings is 2. The van der Waals surface area contributed by atoms with E-state index in [1.54, 1.807) is 29.3 Å². The molecule has 7 nitrogen and oxygen atoms in total. The molecule has 1 atom stereocenters. The van der Waals surface area contributed by atoms with Crippen molar-refractivity contribution in [3.05, 3.63) is 53.9 Å². The van der Waals surface area contributed by atoms with Crippen molar-refractivity contribution in [2.24, 2.45) is 0 Å². The lowest BCUT2D eigenvalue weighted by Gasteiger charge is -2.35. The topological polar surface area (TPSA) is 78.4 Å². The van der Waals surface area contributed by atoms with E-state index in [1.807, 2.05) is 18.2 Å². The van der Waals surface area contributed by atoms with Crippen molar-refractivity contribution >= 4 is 29.1 Å². The molecule has 0 spiro atoms. The number of Topliss-reactive ketones (excluding diaryl/α,β-unsaturated/α-hetero) is 1. The smallest absolute Gasteiger partial charge is 0.329 e. The van der Waals surface area contributed by atoms with Crippen molar-refractivity contribution in [2.45, 2.75) is 18.9 Å². The van der Waals surface area contributed by atoms with E-state index >= 15 is 0 Å². The fourth-order valence-electron chi connectivity index (χ4n) is 3.61. The number of nitrogens with zero attached hydrogens (tertiary/aromatic N) is 4. The van der Waals surface area contributed by atoms with Crippen LogP contribution < -0.4 is 15.1 Å². The molecule has 130 valence electrons. The lowest BCUT2D eigenvalue weighted by Crippen LogP contribution is -2.48. The van der Waals surface area contributed by atoms with Crippen LogP contribution in [0.5, 0.6) is 0 Å². The van der Waals surface area contributed by atoms with E-state index in [-0.39, 0.29) is 17.9 Å². The zero-order valence-electron chi connectivity index (χ0n) is 14.1. The predicted octanol–water partition coefficient (Wildman–Crippen LogP) is 2.62. The van der Waals surface area contributed by atoms with Gasteiger partial charge in [-0.2, -0.15) is 0 Å². The second-order valence-electron chi connectivity index (χ2n) is 6.71. The quantitative estimate of drug-likeness (QED) is 0.864. The second kappa shape index (κ2) is 5.66. The van der Waals surface area contributed by atoms with E-state index in [0.29, 0.717) is 17.3 Å². The summed E-state index contributed by atoms with van der Waals surface area (Å²) in [5.74, 6) is 1.000. The van der Waals surface area contributed by atoms with Crippen molar-refractivity contribution in [1.82, 2.24) is 9.97 Å². The molecule has 3 aliphatic rings. The second-order valence-corrected chi connectivity index (χ2v) is 6.71. The van der Waals surface area contributed by atoms with Crippen molar-refractivity contribution in [1.29, 1.82) is 0 Å². The summed E-state index contributed by atoms with van der Waals surface area (Å²) in [6.45, 7) is 1.66. The first-order valence-corrected chi connectivity index (χ1v) is 8.72. The highest BCUT2D eigenvalue weighted by Gasteiger charge is 2.40. The molecule has 5 rings (SSSR count). The Bertz CT molecular complexity index is 940. The molecule has 26 heavy (non-hydrogen) atoms. The Morgan fingerprint density at radius 1 is 1.19 bits per heavy atom. The van der Waals surface area contributed by atoms with Gasteiger partial charge >= 0.3 is 6.03 Å². The molecule has 1 fully saturated rings. The minimum atomic E-state index is -0.265. The molecule has 0 aromatic carbocycles. The predicted molar refractivity (Wildman–Crippen MR) is 97.6 cm³/mol. The van der Waals surface area contributed by atoms with Gasteiger partial charge in [-0.25, -0.2) is 14.8 Å². The largest absolute Gasteiger partial charge is 0.366 e. The van der Waals surface area contributed by atoms with E-state index in [1.165, 1.54) is 0 Å². The number of urea groups is 1. The maximum atomic E-state index is 13.0. The molecule has 1 aliphatic carbocycles. The van der Waals surface area contributed by atoms with Crippen molar-refractivity contribution < 1.29 is 9.59 Å². The van der Waals surface area contributed by atoms with Crippen LogP contribution in [-0.2, 0) is 0 Å². The first-order valence-electron chi connectivity index (χ1n) is 8.72. The fraction of sp³-hybridized carbons (Fsp3) is 0.263. The molecule has 1 N–H and O–H groups in total. The SMILES string of the molecule is O=C(C1=CC1)c1ccc2c(n1)N(C(=O)Nc1ccccn1)[C@H]1CCN2C1. The minimum absolute atomic E-state index is 0.0456. The molecule has 2 aromatic rings. The van der Waals surface area contributed by atoms with Crippen LogP contribution in [0.15, 0.2) is 48.2 Å². The van der Waals surface area contributed by atoms with Crippen LogP contribution in [-0.4, -0.2) is 40.9 Å². The molecular weight excluding hydrogens is 330 g/mol. The molecule has 0 radical (unpaired) electrons. The van der Waals surface area contributed by atoms with Crippen LogP contribution in [0.25, 0.3) is 0 Å². The monoisotopic (exact) mass is 347 g/mol. The minimum Gasteiger partial charge on any atom is -0.366 e. The normalized spacial score (nSPS) is 19.7. The number of anilines is 3. The summed E-state index contributed by atoms with van der Waals surface area (Å²) in [6.07, 6.45) is 5.13. The van der Waals surface area contributed by atoms with Crippen LogP contribution in [0.3, 0.4) is 0 Å². The van der Waals surface area contributed by atoms with Gasteiger partial charge in [0.15, 0.2) is 5.82 Å². The third kappa shape index (κ3) is 2.44. The zero-order chi connectivity index (χ0) is 17.7. The number of fused-ring (bicyclic) bond motifs is 4. The van der Waals surface area contributed by atoms with Crippen molar-refractivity contribution in [2.75, 3.05) is 28.2 Å². The van der Waals surface area contributed by atoms with Gasteiger partial charge in [0.1, 0.15) is 11.5 Å². The Morgan fingerprint density at radius 3 is 2.85 bits per heavy atom. The van der Waals surface area contributed by atoms with Gasteiger partial charge in [0, 0.05) is 24.9 Å². The number of allylic oxidation sites excluding steroid dienone is 2. The van der Waals surface area contributed by atoms with Crippen LogP contribution >= 0.6 is 0 Å². The van der Waals surface area contributed by atoms with Gasteiger partial charge in [-0.3, -0.25) is 15.0 Å². The number of nitrogens with one attached hydrogen (secondary N) is 1. The van der Waals surface area contributed by atoms with Crippen molar-refractivity contribution in [3.8, 4) is 0 Å². The summed E-state index contributed by atoms with van der Waals surface area (Å²) in [6, 6.07) is 8.81. The molecule has 2 amide bonds. The fourth-order valence-corrected chi connectivity index (χ4v) is 3.61. The van der Waals surface area contributed by atoms with Gasteiger partial charge in [-0.05, 0) is 37.1 Å². The summed E-state index contributed by atoms with van der Waals surface area (Å²) in [4.78, 5) is 38.0. The number of carbonyl (C=O) groups is 2. The number of rotatable bonds is 3. The maximum Gasteiger partial charge on any atom is 0.329 e. The molecule has 2 bridgehead atoms. The van der Waals surface area contributed by atoms with E-state index in [2.05, 4.69) is 20.2 Å². The Hall–Kier alpha value is -3.22. The maximum absolute atomic E-state index is 13.0. The first kappa shape index (κ1) is 15.1. The summed E-state index contributed by atoms with van der Waals surface area (Å²) in [7, 11) is 0. The van der Waals surface area contributed by atoms with Gasteiger partial charge in [0.25, 0.3) is 0 Å². The number of aromatic nitrogens is 2. The highest BCUT2D eigenvalue weighted by Crippen LogP contribution is 2.39. The highest BCUT2D eigenvalue weighted by molar-refractivity contribution is 6.11. The van der Waals surface area contributed by atoms with Gasteiger partial charge in [-0.15, -0.1) is 0 Å². The Labute approximate surface area is 150 Å². The lowest BCUT2D eigenvalue weighted by atomic mass is 10.1. The van der Waals surface area contributed by atoms with Crippen molar-refractivity contribution in [3.63, 3.8) is 0 Å². The third-order valence-corrected chi connectivity index (χ3v) is 5.00. The molecule has 1 saturated heterocycles. The number of hydrogen-bond donors (Lipinski definition) is 1. The average molecular weight is 347 g/mol. The summed E-state index contributed by atoms with van der Waals surface area (Å²) >= 11 is 0. The van der Waals surface area contributed by atoms with E-state index in [4.69, 9.17) is 0 Å². The average Bonchev–Trinajstić information content (AvgIpc) is 3.43. The zero-order valence-corrected chi connectivity index (χ0v) is 14.1. The highest BCUT2D eigenvalue weighted by atomic mass is 16.2. The Morgan fingerprint density at radius 2 is 2.08 bits per heavy atom. The number of carbonyl (C=O) groups excluding carboxylic acids is 2. The van der Waals surface area contributed by atoms with Gasteiger partial charge in [0.2, 0.25) is 5.78 Å². The molecule has 2 aromatic heterocycles. The third-order valence-electron chi connectivity index (χ3n) is 5.00. The molecule has 0 unspecified atom stereocenters. The van der Waals surface area contributed by atoms with Gasteiger partial charge in [0.05, 0.1) is 11.7 Å². The number of amides is 2. The van der Waals surface area contributed by atoms with Crippen LogP contribution in [0, 0.1) is 0 Å². The Kier molecular flexibility index (Phi) is 3.28. The molecule has 7 heteroatoms. The lowest BCUT2D eigenvalue weighted by molar-refractivity contribution is 0.103. The summed E-state index contributed by atoms with van der Waals surface area (Å²) < 4.78 is 0. The van der Waals surface area contributed by atoms with Crippen LogP contribution in [0.4, 0.5) is 22.1 Å². The van der Waals surface area contributed by atoms with Gasteiger partial charge < -0.3 is 4.90 Å². The van der Waals surface area contributed by atoms with Crippen LogP contribution in [0.1, 0.15) is 23.3 Å². The van der Waals surface area contributed by atoms with Gasteiger partial charge in [-0.1, -0.05) is 12.1 Å². The first-order chi connectivity index (χ1) is 12.7. The van der Waals surface area contributed by atoms with Crippen LogP contribution in [0.2, 0.25) is 0 Å². The summed E-state index contributed by atoms with van der Waals surface area (Å²) in [5, 5.41) is 2.84. The summed E-state index contributed by atoms with van der Waals surface area (Å²) in [5.41, 5.74) is 2.09. The molecule has 0 saturated carbocycles. The standard InChI is InChI=1S/C19H17N5O2/c25-17(12-4-5-12)14-6-7-15-18(21-14)24(13-8-10-23(15)11-13)19(26)22-16-3-1-2-9-20-16/h1-4,6-7,9,13H,5,8,10-11H2,(H,20,22,26)/t13-/m0/s1. The Balaban J connectivity index is 1.52.